The van der Waals surface area contributed by atoms with Crippen LogP contribution in [-0.2, 0) is 11.2 Å². The molecule has 0 aliphatic heterocycles. The van der Waals surface area contributed by atoms with Gasteiger partial charge in [0.2, 0.25) is 0 Å². The molecular weight excluding hydrogens is 236 g/mol. The van der Waals surface area contributed by atoms with Gasteiger partial charge >= 0.3 is 5.97 Å². The first-order valence-electron chi connectivity index (χ1n) is 7.39. The van der Waals surface area contributed by atoms with Crippen LogP contribution in [0.25, 0.3) is 0 Å². The minimum absolute atomic E-state index is 0.151. The van der Waals surface area contributed by atoms with Crippen molar-refractivity contribution in [3.8, 4) is 0 Å². The van der Waals surface area contributed by atoms with Crippen molar-refractivity contribution in [1.29, 1.82) is 0 Å². The topological polar surface area (TPSA) is 37.3 Å². The summed E-state index contributed by atoms with van der Waals surface area (Å²) >= 11 is 0. The SMILES string of the molecule is CCC1CCC(C(=O)O)C(Cc2ccccc2C)C1. The van der Waals surface area contributed by atoms with E-state index in [1.807, 2.05) is 6.07 Å². The van der Waals surface area contributed by atoms with Gasteiger partial charge in [-0.15, -0.1) is 0 Å². The largest absolute Gasteiger partial charge is 0.481 e. The molecule has 1 fully saturated rings. The van der Waals surface area contributed by atoms with Gasteiger partial charge in [-0.3, -0.25) is 4.79 Å². The van der Waals surface area contributed by atoms with Gasteiger partial charge in [0.1, 0.15) is 0 Å². The average molecular weight is 260 g/mol. The molecule has 1 aliphatic carbocycles. The molecule has 0 bridgehead atoms. The quantitative estimate of drug-likeness (QED) is 0.886. The number of rotatable bonds is 4. The van der Waals surface area contributed by atoms with Gasteiger partial charge in [-0.05, 0) is 55.6 Å². The molecule has 0 amide bonds. The summed E-state index contributed by atoms with van der Waals surface area (Å²) in [6, 6.07) is 8.36. The summed E-state index contributed by atoms with van der Waals surface area (Å²) in [6.45, 7) is 4.34. The van der Waals surface area contributed by atoms with E-state index >= 15 is 0 Å². The van der Waals surface area contributed by atoms with Crippen LogP contribution in [0.15, 0.2) is 24.3 Å². The second kappa shape index (κ2) is 6.23. The molecule has 2 nitrogen and oxygen atoms in total. The van der Waals surface area contributed by atoms with Gasteiger partial charge in [-0.1, -0.05) is 37.6 Å². The Morgan fingerprint density at radius 3 is 2.68 bits per heavy atom. The van der Waals surface area contributed by atoms with Crippen LogP contribution in [0.4, 0.5) is 0 Å². The van der Waals surface area contributed by atoms with E-state index in [-0.39, 0.29) is 5.92 Å². The molecule has 1 aromatic rings. The third kappa shape index (κ3) is 3.37. The van der Waals surface area contributed by atoms with Crippen molar-refractivity contribution in [3.63, 3.8) is 0 Å². The molecule has 1 N–H and O–H groups in total. The van der Waals surface area contributed by atoms with Crippen LogP contribution in [-0.4, -0.2) is 11.1 Å². The molecule has 0 spiro atoms. The standard InChI is InChI=1S/C17H24O2/c1-3-13-8-9-16(17(18)19)15(10-13)11-14-7-5-4-6-12(14)2/h4-7,13,15-16H,3,8-11H2,1-2H3,(H,18,19). The van der Waals surface area contributed by atoms with Crippen molar-refractivity contribution in [2.24, 2.45) is 17.8 Å². The highest BCUT2D eigenvalue weighted by atomic mass is 16.4. The van der Waals surface area contributed by atoms with Gasteiger partial charge in [0, 0.05) is 0 Å². The Morgan fingerprint density at radius 2 is 2.05 bits per heavy atom. The summed E-state index contributed by atoms with van der Waals surface area (Å²) in [5, 5.41) is 9.41. The lowest BCUT2D eigenvalue weighted by Crippen LogP contribution is -2.32. The van der Waals surface area contributed by atoms with Crippen molar-refractivity contribution < 1.29 is 9.90 Å². The van der Waals surface area contributed by atoms with Gasteiger partial charge in [0.05, 0.1) is 5.92 Å². The van der Waals surface area contributed by atoms with Crippen molar-refractivity contribution >= 4 is 5.97 Å². The molecule has 2 heteroatoms. The highest BCUT2D eigenvalue weighted by Crippen LogP contribution is 2.37. The summed E-state index contributed by atoms with van der Waals surface area (Å²) in [7, 11) is 0. The first kappa shape index (κ1) is 14.1. The Morgan fingerprint density at radius 1 is 1.32 bits per heavy atom. The molecule has 19 heavy (non-hydrogen) atoms. The summed E-state index contributed by atoms with van der Waals surface area (Å²) in [6.07, 6.45) is 5.10. The van der Waals surface area contributed by atoms with Crippen LogP contribution in [0.1, 0.15) is 43.7 Å². The molecule has 1 saturated carbocycles. The Labute approximate surface area is 115 Å². The van der Waals surface area contributed by atoms with Crippen LogP contribution >= 0.6 is 0 Å². The molecule has 104 valence electrons. The minimum Gasteiger partial charge on any atom is -0.481 e. The normalized spacial score (nSPS) is 27.2. The lowest BCUT2D eigenvalue weighted by molar-refractivity contribution is -0.145. The van der Waals surface area contributed by atoms with E-state index in [9.17, 15) is 9.90 Å². The zero-order valence-corrected chi connectivity index (χ0v) is 11.9. The second-order valence-corrected chi connectivity index (χ2v) is 5.92. The summed E-state index contributed by atoms with van der Waals surface area (Å²) in [5.74, 6) is 0.262. The Hall–Kier alpha value is -1.31. The predicted octanol–water partition coefficient (Wildman–Crippen LogP) is 4.06. The molecule has 3 atom stereocenters. The van der Waals surface area contributed by atoms with Crippen LogP contribution < -0.4 is 0 Å². The van der Waals surface area contributed by atoms with E-state index in [1.165, 1.54) is 17.5 Å². The highest BCUT2D eigenvalue weighted by molar-refractivity contribution is 5.70. The van der Waals surface area contributed by atoms with Crippen molar-refractivity contribution in [1.82, 2.24) is 0 Å². The number of hydrogen-bond donors (Lipinski definition) is 1. The molecule has 1 aromatic carbocycles. The molecule has 2 rings (SSSR count). The van der Waals surface area contributed by atoms with Crippen molar-refractivity contribution in [2.45, 2.75) is 46.0 Å². The summed E-state index contributed by atoms with van der Waals surface area (Å²) < 4.78 is 0. The first-order valence-corrected chi connectivity index (χ1v) is 7.39. The van der Waals surface area contributed by atoms with E-state index in [4.69, 9.17) is 0 Å². The fourth-order valence-electron chi connectivity index (χ4n) is 3.40. The number of carbonyl (C=O) groups is 1. The molecule has 0 heterocycles. The third-order valence-corrected chi connectivity index (χ3v) is 4.73. The van der Waals surface area contributed by atoms with Crippen molar-refractivity contribution in [2.75, 3.05) is 0 Å². The maximum atomic E-state index is 11.4. The second-order valence-electron chi connectivity index (χ2n) is 5.92. The molecule has 0 saturated heterocycles. The zero-order valence-electron chi connectivity index (χ0n) is 11.9. The van der Waals surface area contributed by atoms with Gasteiger partial charge in [-0.2, -0.15) is 0 Å². The smallest absolute Gasteiger partial charge is 0.306 e. The first-order chi connectivity index (χ1) is 9.11. The Kier molecular flexibility index (Phi) is 4.62. The highest BCUT2D eigenvalue weighted by Gasteiger charge is 2.34. The van der Waals surface area contributed by atoms with Crippen LogP contribution in [0.2, 0.25) is 0 Å². The molecule has 0 radical (unpaired) electrons. The van der Waals surface area contributed by atoms with Crippen LogP contribution in [0, 0.1) is 24.7 Å². The molecule has 3 unspecified atom stereocenters. The van der Waals surface area contributed by atoms with E-state index < -0.39 is 5.97 Å². The van der Waals surface area contributed by atoms with Gasteiger partial charge in [0.25, 0.3) is 0 Å². The van der Waals surface area contributed by atoms with Gasteiger partial charge in [0.15, 0.2) is 0 Å². The van der Waals surface area contributed by atoms with E-state index in [0.717, 1.165) is 25.7 Å². The summed E-state index contributed by atoms with van der Waals surface area (Å²) in [4.78, 5) is 11.4. The van der Waals surface area contributed by atoms with Gasteiger partial charge in [-0.25, -0.2) is 0 Å². The molecular formula is C17H24O2. The Bertz CT molecular complexity index is 439. The maximum absolute atomic E-state index is 11.4. The van der Waals surface area contributed by atoms with Crippen LogP contribution in [0.3, 0.4) is 0 Å². The monoisotopic (exact) mass is 260 g/mol. The van der Waals surface area contributed by atoms with E-state index in [1.54, 1.807) is 0 Å². The Balaban J connectivity index is 2.13. The zero-order chi connectivity index (χ0) is 13.8. The number of hydrogen-bond acceptors (Lipinski definition) is 1. The number of aryl methyl sites for hydroxylation is 1. The van der Waals surface area contributed by atoms with Crippen molar-refractivity contribution in [3.05, 3.63) is 35.4 Å². The fraction of sp³-hybridized carbons (Fsp3) is 0.588. The summed E-state index contributed by atoms with van der Waals surface area (Å²) in [5.41, 5.74) is 2.60. The fourth-order valence-corrected chi connectivity index (χ4v) is 3.40. The predicted molar refractivity (Wildman–Crippen MR) is 77.1 cm³/mol. The average Bonchev–Trinajstić information content (AvgIpc) is 2.41. The number of carboxylic acids is 1. The van der Waals surface area contributed by atoms with E-state index in [0.29, 0.717) is 11.8 Å². The molecule has 1 aliphatic rings. The number of carboxylic acid groups (broad SMARTS) is 1. The maximum Gasteiger partial charge on any atom is 0.306 e. The lowest BCUT2D eigenvalue weighted by atomic mass is 9.71. The number of benzene rings is 1. The minimum atomic E-state index is -0.604. The number of aliphatic carboxylic acids is 1. The lowest BCUT2D eigenvalue weighted by Gasteiger charge is -2.34. The van der Waals surface area contributed by atoms with E-state index in [2.05, 4.69) is 32.0 Å². The molecule has 0 aromatic heterocycles. The third-order valence-electron chi connectivity index (χ3n) is 4.73. The van der Waals surface area contributed by atoms with Gasteiger partial charge < -0.3 is 5.11 Å². The van der Waals surface area contributed by atoms with Crippen LogP contribution in [0.5, 0.6) is 0 Å².